The summed E-state index contributed by atoms with van der Waals surface area (Å²) in [6.45, 7) is 2.04. The van der Waals surface area contributed by atoms with Crippen LogP contribution in [0.25, 0.3) is 27.8 Å². The summed E-state index contributed by atoms with van der Waals surface area (Å²) in [5.41, 5.74) is 4.64. The van der Waals surface area contributed by atoms with Crippen LogP contribution in [0, 0.1) is 6.92 Å². The fourth-order valence-corrected chi connectivity index (χ4v) is 4.07. The van der Waals surface area contributed by atoms with E-state index in [-0.39, 0.29) is 12.2 Å². The molecular formula is C20H20N6O2. The van der Waals surface area contributed by atoms with Gasteiger partial charge >= 0.3 is 0 Å². The Labute approximate surface area is 160 Å². The maximum atomic E-state index is 9.55. The summed E-state index contributed by atoms with van der Waals surface area (Å²) >= 11 is 0. The minimum Gasteiger partial charge on any atom is -0.473 e. The number of nitrogens with zero attached hydrogens (tertiary/aromatic N) is 6. The highest BCUT2D eigenvalue weighted by Crippen LogP contribution is 2.39. The maximum absolute atomic E-state index is 9.55. The fraction of sp³-hybridized carbons (Fsp3) is 0.400. The molecule has 0 amide bonds. The van der Waals surface area contributed by atoms with Crippen molar-refractivity contribution in [1.29, 1.82) is 0 Å². The second-order valence-electron chi connectivity index (χ2n) is 7.78. The quantitative estimate of drug-likeness (QED) is 0.589. The van der Waals surface area contributed by atoms with Crippen LogP contribution < -0.4 is 4.74 Å². The molecule has 0 unspecified atom stereocenters. The first-order valence-electron chi connectivity index (χ1n) is 9.69. The fourth-order valence-electron chi connectivity index (χ4n) is 4.07. The van der Waals surface area contributed by atoms with Crippen molar-refractivity contribution >= 4 is 16.7 Å². The largest absolute Gasteiger partial charge is 0.473 e. The van der Waals surface area contributed by atoms with Crippen LogP contribution in [0.2, 0.25) is 0 Å². The van der Waals surface area contributed by atoms with Gasteiger partial charge < -0.3 is 14.4 Å². The number of fused-ring (bicyclic) bond motifs is 2. The van der Waals surface area contributed by atoms with Gasteiger partial charge in [0.05, 0.1) is 11.6 Å². The molecule has 28 heavy (non-hydrogen) atoms. The molecule has 4 aromatic heterocycles. The van der Waals surface area contributed by atoms with E-state index in [0.717, 1.165) is 33.6 Å². The SMILES string of the molecule is Cc1nc2ncc(-c3ccn4ncnc(OC5CC(O)C5)c34)cc2n1C1CC1. The Hall–Kier alpha value is -3.00. The smallest absolute Gasteiger partial charge is 0.242 e. The van der Waals surface area contributed by atoms with E-state index in [1.165, 1.54) is 19.2 Å². The van der Waals surface area contributed by atoms with Crippen molar-refractivity contribution < 1.29 is 9.84 Å². The number of aliphatic hydroxyl groups excluding tert-OH is 1. The van der Waals surface area contributed by atoms with E-state index < -0.39 is 0 Å². The van der Waals surface area contributed by atoms with Crippen LogP contribution in [0.1, 0.15) is 37.5 Å². The maximum Gasteiger partial charge on any atom is 0.242 e. The Kier molecular flexibility index (Phi) is 3.28. The van der Waals surface area contributed by atoms with Crippen molar-refractivity contribution in [3.63, 3.8) is 0 Å². The highest BCUT2D eigenvalue weighted by molar-refractivity contribution is 5.88. The molecule has 142 valence electrons. The van der Waals surface area contributed by atoms with Crippen molar-refractivity contribution in [2.75, 3.05) is 0 Å². The van der Waals surface area contributed by atoms with Crippen molar-refractivity contribution in [3.05, 3.63) is 36.7 Å². The third kappa shape index (κ3) is 2.41. The van der Waals surface area contributed by atoms with Gasteiger partial charge in [-0.25, -0.2) is 14.5 Å². The lowest BCUT2D eigenvalue weighted by molar-refractivity contribution is -0.0123. The third-order valence-corrected chi connectivity index (χ3v) is 5.71. The second-order valence-corrected chi connectivity index (χ2v) is 7.78. The molecule has 0 saturated heterocycles. The lowest BCUT2D eigenvalue weighted by Crippen LogP contribution is -2.37. The van der Waals surface area contributed by atoms with E-state index >= 15 is 0 Å². The lowest BCUT2D eigenvalue weighted by atomic mass is 9.92. The number of pyridine rings is 1. The molecule has 2 saturated carbocycles. The Bertz CT molecular complexity index is 1200. The highest BCUT2D eigenvalue weighted by Gasteiger charge is 2.31. The van der Waals surface area contributed by atoms with Crippen LogP contribution in [0.4, 0.5) is 0 Å². The molecule has 2 aliphatic carbocycles. The molecule has 2 aliphatic rings. The standard InChI is InChI=1S/C20H20N6O2/c1-11-24-19-17(26(11)13-2-3-13)6-12(9-21-19)16-4-5-25-18(16)20(22-10-23-25)28-15-7-14(27)8-15/h4-6,9-10,13-15,27H,2-3,7-8H2,1H3. The average molecular weight is 376 g/mol. The zero-order valence-electron chi connectivity index (χ0n) is 15.5. The van der Waals surface area contributed by atoms with Gasteiger partial charge in [-0.15, -0.1) is 0 Å². The monoisotopic (exact) mass is 376 g/mol. The van der Waals surface area contributed by atoms with E-state index in [1.807, 2.05) is 25.4 Å². The Morgan fingerprint density at radius 3 is 2.86 bits per heavy atom. The zero-order chi connectivity index (χ0) is 18.8. The first-order valence-corrected chi connectivity index (χ1v) is 9.69. The van der Waals surface area contributed by atoms with Crippen LogP contribution in [-0.2, 0) is 0 Å². The lowest BCUT2D eigenvalue weighted by Gasteiger charge is -2.31. The van der Waals surface area contributed by atoms with E-state index in [1.54, 1.807) is 4.52 Å². The van der Waals surface area contributed by atoms with E-state index in [0.29, 0.717) is 24.8 Å². The molecule has 0 aliphatic heterocycles. The summed E-state index contributed by atoms with van der Waals surface area (Å²) < 4.78 is 10.1. The molecule has 0 radical (unpaired) electrons. The molecule has 2 fully saturated rings. The Balaban J connectivity index is 1.48. The zero-order valence-corrected chi connectivity index (χ0v) is 15.5. The van der Waals surface area contributed by atoms with Crippen LogP contribution in [0.3, 0.4) is 0 Å². The molecule has 1 N–H and O–H groups in total. The number of rotatable bonds is 4. The molecule has 0 aromatic carbocycles. The van der Waals surface area contributed by atoms with Crippen LogP contribution in [0.5, 0.6) is 5.88 Å². The van der Waals surface area contributed by atoms with Gasteiger partial charge in [0, 0.05) is 42.4 Å². The van der Waals surface area contributed by atoms with E-state index in [2.05, 4.69) is 30.7 Å². The second kappa shape index (κ2) is 5.75. The first-order chi connectivity index (χ1) is 13.7. The number of aromatic nitrogens is 6. The van der Waals surface area contributed by atoms with Gasteiger partial charge in [-0.05, 0) is 31.9 Å². The van der Waals surface area contributed by atoms with Gasteiger partial charge in [0.2, 0.25) is 5.88 Å². The number of aryl methyl sites for hydroxylation is 1. The molecule has 8 nitrogen and oxygen atoms in total. The summed E-state index contributed by atoms with van der Waals surface area (Å²) in [5, 5.41) is 13.9. The first kappa shape index (κ1) is 16.0. The van der Waals surface area contributed by atoms with Crippen LogP contribution in [-0.4, -0.2) is 46.4 Å². The number of aliphatic hydroxyl groups is 1. The predicted octanol–water partition coefficient (Wildman–Crippen LogP) is 2.69. The summed E-state index contributed by atoms with van der Waals surface area (Å²) in [6.07, 6.45) is 8.65. The summed E-state index contributed by atoms with van der Waals surface area (Å²) in [6, 6.07) is 4.71. The molecule has 4 heterocycles. The number of hydrogen-bond donors (Lipinski definition) is 1. The number of hydrogen-bond acceptors (Lipinski definition) is 6. The Morgan fingerprint density at radius 1 is 1.21 bits per heavy atom. The van der Waals surface area contributed by atoms with Crippen LogP contribution >= 0.6 is 0 Å². The molecule has 0 spiro atoms. The average Bonchev–Trinajstić information content (AvgIpc) is 3.30. The minimum absolute atomic E-state index is 0.00370. The highest BCUT2D eigenvalue weighted by atomic mass is 16.5. The van der Waals surface area contributed by atoms with E-state index in [9.17, 15) is 5.11 Å². The normalized spacial score (nSPS) is 21.9. The third-order valence-electron chi connectivity index (χ3n) is 5.71. The summed E-state index contributed by atoms with van der Waals surface area (Å²) in [7, 11) is 0. The van der Waals surface area contributed by atoms with Crippen molar-refractivity contribution in [2.45, 2.75) is 50.9 Å². The predicted molar refractivity (Wildman–Crippen MR) is 102 cm³/mol. The van der Waals surface area contributed by atoms with Gasteiger partial charge in [0.25, 0.3) is 0 Å². The molecular weight excluding hydrogens is 356 g/mol. The Morgan fingerprint density at radius 2 is 2.07 bits per heavy atom. The topological polar surface area (TPSA) is 90.4 Å². The van der Waals surface area contributed by atoms with Gasteiger partial charge in [-0.3, -0.25) is 0 Å². The molecule has 8 heteroatoms. The molecule has 0 atom stereocenters. The van der Waals surface area contributed by atoms with Gasteiger partial charge in [-0.1, -0.05) is 0 Å². The van der Waals surface area contributed by atoms with Gasteiger partial charge in [-0.2, -0.15) is 10.1 Å². The van der Waals surface area contributed by atoms with Crippen molar-refractivity contribution in [1.82, 2.24) is 29.1 Å². The van der Waals surface area contributed by atoms with Gasteiger partial charge in [0.15, 0.2) is 5.65 Å². The molecule has 6 rings (SSSR count). The number of imidazole rings is 1. The minimum atomic E-state index is -0.272. The van der Waals surface area contributed by atoms with E-state index in [4.69, 9.17) is 4.74 Å². The van der Waals surface area contributed by atoms with Gasteiger partial charge in [0.1, 0.15) is 23.8 Å². The summed E-state index contributed by atoms with van der Waals surface area (Å²) in [5.74, 6) is 1.55. The van der Waals surface area contributed by atoms with Crippen LogP contribution in [0.15, 0.2) is 30.9 Å². The van der Waals surface area contributed by atoms with Crippen molar-refractivity contribution in [3.8, 4) is 17.0 Å². The number of ether oxygens (including phenoxy) is 1. The van der Waals surface area contributed by atoms with Crippen molar-refractivity contribution in [2.24, 2.45) is 0 Å². The summed E-state index contributed by atoms with van der Waals surface area (Å²) in [4.78, 5) is 13.6. The molecule has 0 bridgehead atoms. The molecule has 4 aromatic rings.